The number of carbonyl (C=O) groups excluding carboxylic acids is 1. The van der Waals surface area contributed by atoms with Crippen molar-refractivity contribution < 1.29 is 18.0 Å². The number of para-hydroxylation sites is 2. The van der Waals surface area contributed by atoms with Crippen LogP contribution in [0.5, 0.6) is 0 Å². The maximum absolute atomic E-state index is 13.8. The van der Waals surface area contributed by atoms with Crippen molar-refractivity contribution in [1.29, 1.82) is 0 Å². The van der Waals surface area contributed by atoms with Crippen molar-refractivity contribution in [3.63, 3.8) is 0 Å². The van der Waals surface area contributed by atoms with Crippen LogP contribution in [-0.2, 0) is 0 Å². The van der Waals surface area contributed by atoms with E-state index in [1.807, 2.05) is 0 Å². The number of amides is 1. The zero-order valence-electron chi connectivity index (χ0n) is 12.7. The average Bonchev–Trinajstić information content (AvgIpc) is 2.95. The standard InChI is InChI=1S/C15H10F3N5O2/c1-21(12-8-3-2-5-9(12)16)14(24)23-15(25)22(19-20-23)13-10(17)6-4-7-11(13)18/h2-8H,1H3. The lowest BCUT2D eigenvalue weighted by molar-refractivity contribution is 0.244. The highest BCUT2D eigenvalue weighted by Crippen LogP contribution is 2.18. The fourth-order valence-corrected chi connectivity index (χ4v) is 2.17. The zero-order chi connectivity index (χ0) is 18.1. The molecule has 0 aliphatic rings. The smallest absolute Gasteiger partial charge is 0.292 e. The van der Waals surface area contributed by atoms with Crippen LogP contribution in [0.1, 0.15) is 0 Å². The van der Waals surface area contributed by atoms with Gasteiger partial charge in [0, 0.05) is 7.05 Å². The van der Waals surface area contributed by atoms with Crippen molar-refractivity contribution in [2.75, 3.05) is 11.9 Å². The van der Waals surface area contributed by atoms with Gasteiger partial charge in [0.2, 0.25) is 0 Å². The van der Waals surface area contributed by atoms with Gasteiger partial charge in [-0.25, -0.2) is 22.8 Å². The predicted molar refractivity (Wildman–Crippen MR) is 81.1 cm³/mol. The molecule has 128 valence electrons. The van der Waals surface area contributed by atoms with Crippen molar-refractivity contribution >= 4 is 11.7 Å². The second-order valence-electron chi connectivity index (χ2n) is 4.95. The van der Waals surface area contributed by atoms with E-state index in [1.54, 1.807) is 0 Å². The molecule has 1 aromatic heterocycles. The third-order valence-electron chi connectivity index (χ3n) is 3.41. The Morgan fingerprint density at radius 3 is 2.20 bits per heavy atom. The third kappa shape index (κ3) is 2.77. The minimum Gasteiger partial charge on any atom is -0.292 e. The van der Waals surface area contributed by atoms with E-state index < -0.39 is 34.9 Å². The predicted octanol–water partition coefficient (Wildman–Crippen LogP) is 1.95. The van der Waals surface area contributed by atoms with E-state index in [2.05, 4.69) is 10.4 Å². The molecule has 1 amide bonds. The zero-order valence-corrected chi connectivity index (χ0v) is 12.7. The van der Waals surface area contributed by atoms with Crippen LogP contribution >= 0.6 is 0 Å². The number of hydrogen-bond donors (Lipinski definition) is 0. The highest BCUT2D eigenvalue weighted by atomic mass is 19.1. The molecule has 0 spiro atoms. The normalized spacial score (nSPS) is 10.7. The molecule has 0 saturated heterocycles. The van der Waals surface area contributed by atoms with Crippen LogP contribution in [0.15, 0.2) is 47.3 Å². The Bertz CT molecular complexity index is 994. The second kappa shape index (κ2) is 6.23. The van der Waals surface area contributed by atoms with Crippen molar-refractivity contribution in [1.82, 2.24) is 19.8 Å². The van der Waals surface area contributed by atoms with E-state index in [1.165, 1.54) is 25.2 Å². The fraction of sp³-hybridized carbons (Fsp3) is 0.0667. The summed E-state index contributed by atoms with van der Waals surface area (Å²) >= 11 is 0. The summed E-state index contributed by atoms with van der Waals surface area (Å²) in [5, 5.41) is 6.64. The van der Waals surface area contributed by atoms with E-state index in [4.69, 9.17) is 0 Å². The van der Waals surface area contributed by atoms with Crippen molar-refractivity contribution in [2.24, 2.45) is 0 Å². The molecule has 3 aromatic rings. The number of benzene rings is 2. The largest absolute Gasteiger partial charge is 0.377 e. The molecule has 7 nitrogen and oxygen atoms in total. The summed E-state index contributed by atoms with van der Waals surface area (Å²) in [6.45, 7) is 0. The molecule has 0 aliphatic carbocycles. The lowest BCUT2D eigenvalue weighted by atomic mass is 10.3. The number of halogens is 3. The maximum atomic E-state index is 13.8. The number of tetrazole rings is 1. The first-order valence-corrected chi connectivity index (χ1v) is 6.94. The van der Waals surface area contributed by atoms with Crippen LogP contribution in [0.2, 0.25) is 0 Å². The third-order valence-corrected chi connectivity index (χ3v) is 3.41. The second-order valence-corrected chi connectivity index (χ2v) is 4.95. The van der Waals surface area contributed by atoms with E-state index >= 15 is 0 Å². The summed E-state index contributed by atoms with van der Waals surface area (Å²) in [5.41, 5.74) is -2.07. The summed E-state index contributed by atoms with van der Waals surface area (Å²) < 4.78 is 41.9. The number of carbonyl (C=O) groups is 1. The molecule has 0 atom stereocenters. The van der Waals surface area contributed by atoms with E-state index in [0.717, 1.165) is 29.2 Å². The quantitative estimate of drug-likeness (QED) is 0.663. The summed E-state index contributed by atoms with van der Waals surface area (Å²) in [7, 11) is 1.22. The lowest BCUT2D eigenvalue weighted by Crippen LogP contribution is -2.39. The monoisotopic (exact) mass is 349 g/mol. The molecule has 2 aromatic carbocycles. The van der Waals surface area contributed by atoms with Crippen molar-refractivity contribution in [2.45, 2.75) is 0 Å². The van der Waals surface area contributed by atoms with Crippen LogP contribution < -0.4 is 10.6 Å². The van der Waals surface area contributed by atoms with Gasteiger partial charge in [-0.1, -0.05) is 18.2 Å². The fourth-order valence-electron chi connectivity index (χ4n) is 2.17. The molecule has 1 heterocycles. The van der Waals surface area contributed by atoms with Crippen molar-refractivity contribution in [3.8, 4) is 5.69 Å². The van der Waals surface area contributed by atoms with Crippen molar-refractivity contribution in [3.05, 3.63) is 70.4 Å². The molecule has 0 bridgehead atoms. The number of anilines is 1. The SMILES string of the molecule is CN(C(=O)n1nnn(-c2c(F)cccc2F)c1=O)c1ccccc1F. The van der Waals surface area contributed by atoms with Gasteiger partial charge in [0.1, 0.15) is 11.5 Å². The van der Waals surface area contributed by atoms with Gasteiger partial charge in [-0.15, -0.1) is 4.68 Å². The van der Waals surface area contributed by atoms with Crippen LogP contribution in [0, 0.1) is 17.5 Å². The van der Waals surface area contributed by atoms with Gasteiger partial charge >= 0.3 is 11.7 Å². The molecule has 0 saturated carbocycles. The highest BCUT2D eigenvalue weighted by Gasteiger charge is 2.24. The Morgan fingerprint density at radius 1 is 0.960 bits per heavy atom. The first-order valence-electron chi connectivity index (χ1n) is 6.94. The van der Waals surface area contributed by atoms with Gasteiger partial charge < -0.3 is 0 Å². The minimum atomic E-state index is -1.20. The summed E-state index contributed by atoms with van der Waals surface area (Å²) in [6, 6.07) is 7.30. The number of aromatic nitrogens is 4. The maximum Gasteiger partial charge on any atom is 0.377 e. The number of nitrogens with zero attached hydrogens (tertiary/aromatic N) is 5. The van der Waals surface area contributed by atoms with Gasteiger partial charge in [-0.3, -0.25) is 4.90 Å². The van der Waals surface area contributed by atoms with Gasteiger partial charge in [-0.05, 0) is 34.7 Å². The van der Waals surface area contributed by atoms with Crippen LogP contribution in [0.4, 0.5) is 23.7 Å². The Kier molecular flexibility index (Phi) is 4.09. The average molecular weight is 349 g/mol. The summed E-state index contributed by atoms with van der Waals surface area (Å²) in [5.74, 6) is -2.80. The molecule has 0 radical (unpaired) electrons. The molecule has 0 aliphatic heterocycles. The van der Waals surface area contributed by atoms with E-state index in [0.29, 0.717) is 4.68 Å². The molecule has 0 unspecified atom stereocenters. The van der Waals surface area contributed by atoms with Crippen LogP contribution in [0.3, 0.4) is 0 Å². The number of rotatable bonds is 2. The van der Waals surface area contributed by atoms with E-state index in [-0.39, 0.29) is 10.4 Å². The minimum absolute atomic E-state index is 0.106. The Labute approximate surface area is 138 Å². The highest BCUT2D eigenvalue weighted by molar-refractivity contribution is 5.92. The molecular weight excluding hydrogens is 339 g/mol. The summed E-state index contributed by atoms with van der Waals surface area (Å²) in [4.78, 5) is 25.4. The summed E-state index contributed by atoms with van der Waals surface area (Å²) in [6.07, 6.45) is 0. The van der Waals surface area contributed by atoms with E-state index in [9.17, 15) is 22.8 Å². The first-order chi connectivity index (χ1) is 11.9. The lowest BCUT2D eigenvalue weighted by Gasteiger charge is -2.16. The first kappa shape index (κ1) is 16.4. The van der Waals surface area contributed by atoms with Crippen LogP contribution in [-0.4, -0.2) is 32.9 Å². The van der Waals surface area contributed by atoms with Gasteiger partial charge in [0.25, 0.3) is 0 Å². The van der Waals surface area contributed by atoms with Gasteiger partial charge in [0.15, 0.2) is 11.6 Å². The topological polar surface area (TPSA) is 73.0 Å². The Hall–Kier alpha value is -3.43. The molecule has 3 rings (SSSR count). The molecular formula is C15H10F3N5O2. The Balaban J connectivity index is 2.03. The molecule has 10 heteroatoms. The molecule has 0 fully saturated rings. The molecule has 25 heavy (non-hydrogen) atoms. The Morgan fingerprint density at radius 2 is 1.56 bits per heavy atom. The van der Waals surface area contributed by atoms with Gasteiger partial charge in [-0.2, -0.15) is 4.68 Å². The number of hydrogen-bond acceptors (Lipinski definition) is 4. The molecule has 0 N–H and O–H groups in total. The van der Waals surface area contributed by atoms with Gasteiger partial charge in [0.05, 0.1) is 5.69 Å². The van der Waals surface area contributed by atoms with Crippen LogP contribution in [0.25, 0.3) is 5.69 Å².